The summed E-state index contributed by atoms with van der Waals surface area (Å²) in [7, 11) is 0. The molecule has 3 rings (SSSR count). The van der Waals surface area contributed by atoms with Crippen LogP contribution < -0.4 is 5.32 Å². The number of hydrogen-bond donors (Lipinski definition) is 2. The molecule has 2 N–H and O–H groups in total. The average Bonchev–Trinajstić information content (AvgIpc) is 2.74. The van der Waals surface area contributed by atoms with Gasteiger partial charge in [-0.2, -0.15) is 0 Å². The largest absolute Gasteiger partial charge is 0.392 e. The molecule has 4 unspecified atom stereocenters. The van der Waals surface area contributed by atoms with Gasteiger partial charge in [-0.15, -0.1) is 0 Å². The number of hydrogen-bond acceptors (Lipinski definition) is 3. The van der Waals surface area contributed by atoms with Gasteiger partial charge in [0.15, 0.2) is 0 Å². The maximum absolute atomic E-state index is 11.2. The second-order valence-corrected chi connectivity index (χ2v) is 9.41. The predicted molar refractivity (Wildman–Crippen MR) is 125 cm³/mol. The van der Waals surface area contributed by atoms with Crippen LogP contribution in [0.4, 0.5) is 0 Å². The van der Waals surface area contributed by atoms with Gasteiger partial charge in [-0.05, 0) is 49.3 Å². The van der Waals surface area contributed by atoms with Crippen LogP contribution in [0.2, 0.25) is 0 Å². The number of aromatic nitrogens is 1. The Morgan fingerprint density at radius 1 is 1.07 bits per heavy atom. The van der Waals surface area contributed by atoms with E-state index in [2.05, 4.69) is 88.5 Å². The van der Waals surface area contributed by atoms with Crippen molar-refractivity contribution in [2.45, 2.75) is 78.0 Å². The summed E-state index contributed by atoms with van der Waals surface area (Å²) in [6.45, 7) is 11.0. The van der Waals surface area contributed by atoms with Gasteiger partial charge in [0.2, 0.25) is 0 Å². The van der Waals surface area contributed by atoms with Gasteiger partial charge in [-0.1, -0.05) is 75.7 Å². The van der Waals surface area contributed by atoms with Gasteiger partial charge in [0, 0.05) is 29.8 Å². The van der Waals surface area contributed by atoms with Crippen LogP contribution in [-0.4, -0.2) is 21.7 Å². The van der Waals surface area contributed by atoms with Crippen molar-refractivity contribution in [3.63, 3.8) is 0 Å². The molecule has 0 bridgehead atoms. The summed E-state index contributed by atoms with van der Waals surface area (Å²) in [5, 5.41) is 15.2. The number of benzene rings is 1. The first-order valence-electron chi connectivity index (χ1n) is 11.5. The lowest BCUT2D eigenvalue weighted by Gasteiger charge is -2.47. The van der Waals surface area contributed by atoms with E-state index < -0.39 is 0 Å². The van der Waals surface area contributed by atoms with E-state index in [-0.39, 0.29) is 23.6 Å². The molecule has 3 heteroatoms. The molecule has 0 spiro atoms. The summed E-state index contributed by atoms with van der Waals surface area (Å²) < 4.78 is 0. The first-order chi connectivity index (χ1) is 14.4. The van der Waals surface area contributed by atoms with Crippen molar-refractivity contribution in [3.05, 3.63) is 77.1 Å². The van der Waals surface area contributed by atoms with E-state index in [9.17, 15) is 5.11 Å². The van der Waals surface area contributed by atoms with Crippen LogP contribution in [-0.2, 0) is 12.8 Å². The van der Waals surface area contributed by atoms with E-state index in [1.165, 1.54) is 16.7 Å². The normalized spacial score (nSPS) is 25.2. The number of aliphatic hydroxyl groups excluding tert-OH is 1. The Kier molecular flexibility index (Phi) is 7.49. The molecule has 0 saturated heterocycles. The van der Waals surface area contributed by atoms with Crippen molar-refractivity contribution in [1.29, 1.82) is 0 Å². The molecule has 2 aromatic rings. The molecule has 4 atom stereocenters. The lowest BCUT2D eigenvalue weighted by molar-refractivity contribution is 0.0486. The Morgan fingerprint density at radius 3 is 2.37 bits per heavy atom. The third kappa shape index (κ3) is 5.19. The molecule has 1 aromatic carbocycles. The van der Waals surface area contributed by atoms with Gasteiger partial charge in [-0.25, -0.2) is 0 Å². The zero-order valence-electron chi connectivity index (χ0n) is 19.2. The molecule has 30 heavy (non-hydrogen) atoms. The number of aryl methyl sites for hydroxylation is 1. The maximum Gasteiger partial charge on any atom is 0.0623 e. The van der Waals surface area contributed by atoms with Crippen molar-refractivity contribution in [2.75, 3.05) is 0 Å². The van der Waals surface area contributed by atoms with Gasteiger partial charge in [0.1, 0.15) is 0 Å². The van der Waals surface area contributed by atoms with E-state index in [1.54, 1.807) is 0 Å². The number of aliphatic hydroxyl groups is 1. The highest BCUT2D eigenvalue weighted by atomic mass is 16.3. The van der Waals surface area contributed by atoms with Crippen molar-refractivity contribution >= 4 is 0 Å². The van der Waals surface area contributed by atoms with Crippen molar-refractivity contribution in [3.8, 4) is 0 Å². The third-order valence-corrected chi connectivity index (χ3v) is 6.49. The zero-order chi connectivity index (χ0) is 21.7. The molecular weight excluding hydrogens is 368 g/mol. The van der Waals surface area contributed by atoms with Gasteiger partial charge in [0.25, 0.3) is 0 Å². The molecule has 1 aromatic heterocycles. The second-order valence-electron chi connectivity index (χ2n) is 9.41. The van der Waals surface area contributed by atoms with Crippen LogP contribution in [0.25, 0.3) is 0 Å². The Balaban J connectivity index is 1.99. The van der Waals surface area contributed by atoms with Crippen molar-refractivity contribution in [1.82, 2.24) is 10.3 Å². The molecule has 3 nitrogen and oxygen atoms in total. The molecule has 0 amide bonds. The van der Waals surface area contributed by atoms with Gasteiger partial charge in [0.05, 0.1) is 12.1 Å². The lowest BCUT2D eigenvalue weighted by atomic mass is 9.70. The molecule has 162 valence electrons. The van der Waals surface area contributed by atoms with Crippen LogP contribution in [0.5, 0.6) is 0 Å². The highest BCUT2D eigenvalue weighted by Crippen LogP contribution is 2.40. The van der Waals surface area contributed by atoms with E-state index in [1.807, 2.05) is 6.20 Å². The van der Waals surface area contributed by atoms with Gasteiger partial charge < -0.3 is 10.4 Å². The quantitative estimate of drug-likeness (QED) is 0.557. The molecule has 0 radical (unpaired) electrons. The fourth-order valence-electron chi connectivity index (χ4n) is 4.77. The molecule has 0 saturated carbocycles. The molecule has 0 fully saturated rings. The van der Waals surface area contributed by atoms with E-state index in [4.69, 9.17) is 4.98 Å². The zero-order valence-corrected chi connectivity index (χ0v) is 19.2. The SMILES string of the molecule is CCC1=CC(C(O)CC(C)C)C(C)(Cc2ccc(CC)cn2)NC1c1ccccc1. The van der Waals surface area contributed by atoms with E-state index >= 15 is 0 Å². The summed E-state index contributed by atoms with van der Waals surface area (Å²) in [5.74, 6) is 0.499. The highest BCUT2D eigenvalue weighted by molar-refractivity contribution is 5.34. The third-order valence-electron chi connectivity index (χ3n) is 6.49. The first-order valence-corrected chi connectivity index (χ1v) is 11.5. The minimum Gasteiger partial charge on any atom is -0.392 e. The monoisotopic (exact) mass is 406 g/mol. The number of pyridine rings is 1. The number of nitrogens with one attached hydrogen (secondary N) is 1. The Morgan fingerprint density at radius 2 is 1.80 bits per heavy atom. The average molecular weight is 407 g/mol. The first kappa shape index (κ1) is 22.7. The second kappa shape index (κ2) is 9.89. The predicted octanol–water partition coefficient (Wildman–Crippen LogP) is 5.65. The van der Waals surface area contributed by atoms with E-state index in [0.717, 1.165) is 31.4 Å². The summed E-state index contributed by atoms with van der Waals surface area (Å²) in [6.07, 6.45) is 7.52. The smallest absolute Gasteiger partial charge is 0.0623 e. The van der Waals surface area contributed by atoms with Gasteiger partial charge in [-0.3, -0.25) is 4.98 Å². The Bertz CT molecular complexity index is 828. The molecule has 2 heterocycles. The Hall–Kier alpha value is -1.97. The molecule has 0 aliphatic carbocycles. The summed E-state index contributed by atoms with van der Waals surface area (Å²) in [5.41, 5.74) is 4.69. The van der Waals surface area contributed by atoms with Crippen LogP contribution in [0, 0.1) is 11.8 Å². The number of rotatable bonds is 8. The minimum absolute atomic E-state index is 0.0439. The summed E-state index contributed by atoms with van der Waals surface area (Å²) >= 11 is 0. The van der Waals surface area contributed by atoms with Crippen molar-refractivity contribution < 1.29 is 5.11 Å². The highest BCUT2D eigenvalue weighted by Gasteiger charge is 2.43. The molecular formula is C27H38N2O. The van der Waals surface area contributed by atoms with Crippen LogP contribution in [0.15, 0.2) is 60.3 Å². The maximum atomic E-state index is 11.2. The summed E-state index contributed by atoms with van der Waals surface area (Å²) in [4.78, 5) is 4.74. The van der Waals surface area contributed by atoms with Crippen molar-refractivity contribution in [2.24, 2.45) is 11.8 Å². The lowest BCUT2D eigenvalue weighted by Crippen LogP contribution is -2.57. The van der Waals surface area contributed by atoms with Gasteiger partial charge >= 0.3 is 0 Å². The standard InChI is InChI=1S/C27H38N2O/c1-6-20-13-14-23(28-18-20)17-27(5)24(25(30)15-19(3)4)16-21(7-2)26(29-27)22-11-9-8-10-12-22/h8-14,16,18-19,24-26,29-30H,6-7,15,17H2,1-5H3. The Labute approximate surface area is 182 Å². The van der Waals surface area contributed by atoms with Crippen LogP contribution >= 0.6 is 0 Å². The molecule has 1 aliphatic rings. The fraction of sp³-hybridized carbons (Fsp3) is 0.519. The van der Waals surface area contributed by atoms with E-state index in [0.29, 0.717) is 5.92 Å². The topological polar surface area (TPSA) is 45.2 Å². The van der Waals surface area contributed by atoms with Crippen LogP contribution in [0.3, 0.4) is 0 Å². The van der Waals surface area contributed by atoms with Crippen LogP contribution in [0.1, 0.15) is 70.3 Å². The summed E-state index contributed by atoms with van der Waals surface area (Å²) in [6, 6.07) is 15.2. The number of nitrogens with zero attached hydrogens (tertiary/aromatic N) is 1. The minimum atomic E-state index is -0.379. The molecule has 1 aliphatic heterocycles. The fourth-order valence-corrected chi connectivity index (χ4v) is 4.77.